The van der Waals surface area contributed by atoms with Crippen LogP contribution in [-0.4, -0.2) is 54.8 Å². The van der Waals surface area contributed by atoms with Gasteiger partial charge in [-0.1, -0.05) is 6.92 Å². The number of methoxy groups -OCH3 is 1. The van der Waals surface area contributed by atoms with Crippen molar-refractivity contribution in [1.82, 2.24) is 9.47 Å². The minimum atomic E-state index is -0.415. The molecule has 0 radical (unpaired) electrons. The van der Waals surface area contributed by atoms with Crippen LogP contribution in [0.5, 0.6) is 0 Å². The number of fused-ring (bicyclic) bond motifs is 1. The van der Waals surface area contributed by atoms with Gasteiger partial charge in [-0.25, -0.2) is 4.79 Å². The fourth-order valence-electron chi connectivity index (χ4n) is 2.98. The van der Waals surface area contributed by atoms with Crippen LogP contribution in [-0.2, 0) is 14.3 Å². The number of carbonyl (C=O) groups is 2. The van der Waals surface area contributed by atoms with Crippen molar-refractivity contribution in [2.45, 2.75) is 19.4 Å². The number of nitrogens with zero attached hydrogens (tertiary/aromatic N) is 2. The third-order valence-corrected chi connectivity index (χ3v) is 5.07. The number of hydrogen-bond donors (Lipinski definition) is 0. The van der Waals surface area contributed by atoms with Crippen molar-refractivity contribution >= 4 is 33.4 Å². The topological polar surface area (TPSA) is 60.8 Å². The van der Waals surface area contributed by atoms with E-state index in [9.17, 15) is 9.59 Å². The molecule has 0 aromatic carbocycles. The molecular weight excluding hydrogens is 316 g/mol. The summed E-state index contributed by atoms with van der Waals surface area (Å²) in [5, 5.41) is 2.93. The molecule has 23 heavy (non-hydrogen) atoms. The fourth-order valence-corrected chi connectivity index (χ4v) is 3.92. The van der Waals surface area contributed by atoms with Crippen molar-refractivity contribution in [2.24, 2.45) is 0 Å². The summed E-state index contributed by atoms with van der Waals surface area (Å²) in [5.74, 6) is -0.381. The highest BCUT2D eigenvalue weighted by molar-refractivity contribution is 7.16. The molecule has 1 atom stereocenters. The van der Waals surface area contributed by atoms with E-state index in [1.165, 1.54) is 18.4 Å². The molecule has 1 amide bonds. The summed E-state index contributed by atoms with van der Waals surface area (Å²) < 4.78 is 12.1. The van der Waals surface area contributed by atoms with E-state index in [1.54, 1.807) is 6.07 Å². The maximum atomic E-state index is 13.0. The lowest BCUT2D eigenvalue weighted by atomic mass is 10.1. The molecular formula is C16H20N2O4S. The lowest BCUT2D eigenvalue weighted by Crippen LogP contribution is -2.44. The molecule has 6 nitrogen and oxygen atoms in total. The number of morpholine rings is 1. The maximum Gasteiger partial charge on any atom is 0.354 e. The van der Waals surface area contributed by atoms with Crippen molar-refractivity contribution in [1.29, 1.82) is 0 Å². The van der Waals surface area contributed by atoms with Gasteiger partial charge in [0.05, 0.1) is 20.3 Å². The van der Waals surface area contributed by atoms with Gasteiger partial charge in [-0.05, 0) is 23.9 Å². The minimum absolute atomic E-state index is 0.0341. The monoisotopic (exact) mass is 336 g/mol. The molecule has 0 N–H and O–H groups in total. The summed E-state index contributed by atoms with van der Waals surface area (Å²) in [5.41, 5.74) is 0.433. The number of carbonyl (C=O) groups excluding carboxylic acids is 2. The van der Waals surface area contributed by atoms with Crippen molar-refractivity contribution in [3.8, 4) is 0 Å². The van der Waals surface area contributed by atoms with E-state index >= 15 is 0 Å². The molecule has 1 aliphatic heterocycles. The summed E-state index contributed by atoms with van der Waals surface area (Å²) in [6.45, 7) is 4.28. The standard InChI is InChI=1S/C16H20N2O4S/c1-3-12(14(19)17-5-7-22-8-6-17)18-13(16(20)21-2)10-11-4-9-23-15(11)18/h4,9-10,12H,3,5-8H2,1-2H3/t12-/m0/s1. The Bertz CT molecular complexity index is 715. The van der Waals surface area contributed by atoms with Gasteiger partial charge in [0, 0.05) is 18.5 Å². The Morgan fingerprint density at radius 1 is 1.39 bits per heavy atom. The lowest BCUT2D eigenvalue weighted by molar-refractivity contribution is -0.138. The van der Waals surface area contributed by atoms with E-state index in [4.69, 9.17) is 9.47 Å². The Morgan fingerprint density at radius 2 is 2.13 bits per heavy atom. The summed E-state index contributed by atoms with van der Waals surface area (Å²) >= 11 is 1.53. The molecule has 0 aliphatic carbocycles. The Morgan fingerprint density at radius 3 is 2.78 bits per heavy atom. The molecule has 0 spiro atoms. The van der Waals surface area contributed by atoms with Crippen LogP contribution in [0.4, 0.5) is 0 Å². The van der Waals surface area contributed by atoms with E-state index in [2.05, 4.69) is 0 Å². The number of rotatable bonds is 4. The van der Waals surface area contributed by atoms with Gasteiger partial charge in [-0.2, -0.15) is 0 Å². The fraction of sp³-hybridized carbons (Fsp3) is 0.500. The second-order valence-electron chi connectivity index (χ2n) is 5.43. The second-order valence-corrected chi connectivity index (χ2v) is 6.33. The van der Waals surface area contributed by atoms with E-state index in [0.29, 0.717) is 38.4 Å². The number of thiophene rings is 1. The summed E-state index contributed by atoms with van der Waals surface area (Å²) in [7, 11) is 1.36. The van der Waals surface area contributed by atoms with Crippen LogP contribution in [0.25, 0.3) is 10.2 Å². The number of ether oxygens (including phenoxy) is 2. The number of amides is 1. The molecule has 124 valence electrons. The van der Waals surface area contributed by atoms with Crippen molar-refractivity contribution in [2.75, 3.05) is 33.4 Å². The average molecular weight is 336 g/mol. The zero-order chi connectivity index (χ0) is 16.4. The highest BCUT2D eigenvalue weighted by Crippen LogP contribution is 2.31. The second kappa shape index (κ2) is 6.72. The van der Waals surface area contributed by atoms with E-state index in [0.717, 1.165) is 10.2 Å². The lowest BCUT2D eigenvalue weighted by Gasteiger charge is -2.31. The zero-order valence-corrected chi connectivity index (χ0v) is 14.1. The van der Waals surface area contributed by atoms with Crippen molar-refractivity contribution < 1.29 is 19.1 Å². The van der Waals surface area contributed by atoms with Gasteiger partial charge in [0.1, 0.15) is 16.6 Å². The van der Waals surface area contributed by atoms with Gasteiger partial charge in [-0.15, -0.1) is 11.3 Å². The Hall–Kier alpha value is -1.86. The molecule has 0 bridgehead atoms. The molecule has 3 heterocycles. The van der Waals surface area contributed by atoms with Crippen LogP contribution < -0.4 is 0 Å². The van der Waals surface area contributed by atoms with Gasteiger partial charge in [0.15, 0.2) is 0 Å². The molecule has 0 unspecified atom stereocenters. The molecule has 3 rings (SSSR count). The van der Waals surface area contributed by atoms with Gasteiger partial charge in [0.25, 0.3) is 0 Å². The number of aromatic nitrogens is 1. The van der Waals surface area contributed by atoms with Crippen LogP contribution in [0.15, 0.2) is 17.5 Å². The first-order valence-corrected chi connectivity index (χ1v) is 8.58. The maximum absolute atomic E-state index is 13.0. The van der Waals surface area contributed by atoms with Crippen molar-refractivity contribution in [3.05, 3.63) is 23.2 Å². The number of hydrogen-bond acceptors (Lipinski definition) is 5. The van der Waals surface area contributed by atoms with Crippen LogP contribution in [0.1, 0.15) is 29.9 Å². The smallest absolute Gasteiger partial charge is 0.354 e. The SMILES string of the molecule is CC[C@@H](C(=O)N1CCOCC1)n1c(C(=O)OC)cc2ccsc21. The van der Waals surface area contributed by atoms with E-state index in [1.807, 2.05) is 27.8 Å². The Labute approximate surface area is 138 Å². The first-order chi connectivity index (χ1) is 11.2. The quantitative estimate of drug-likeness (QED) is 0.804. The third-order valence-electron chi connectivity index (χ3n) is 4.15. The van der Waals surface area contributed by atoms with Gasteiger partial charge < -0.3 is 18.9 Å². The zero-order valence-electron chi connectivity index (χ0n) is 13.3. The minimum Gasteiger partial charge on any atom is -0.464 e. The average Bonchev–Trinajstić information content (AvgIpc) is 3.17. The summed E-state index contributed by atoms with van der Waals surface area (Å²) in [6, 6.07) is 3.35. The van der Waals surface area contributed by atoms with E-state index < -0.39 is 12.0 Å². The first-order valence-electron chi connectivity index (χ1n) is 7.70. The normalized spacial score (nSPS) is 16.5. The molecule has 1 aliphatic rings. The van der Waals surface area contributed by atoms with Crippen LogP contribution >= 0.6 is 11.3 Å². The van der Waals surface area contributed by atoms with Crippen LogP contribution in [0, 0.1) is 0 Å². The van der Waals surface area contributed by atoms with Gasteiger partial charge in [-0.3, -0.25) is 4.79 Å². The van der Waals surface area contributed by atoms with Crippen LogP contribution in [0.2, 0.25) is 0 Å². The molecule has 1 fully saturated rings. The predicted molar refractivity (Wildman–Crippen MR) is 87.9 cm³/mol. The van der Waals surface area contributed by atoms with Gasteiger partial charge >= 0.3 is 5.97 Å². The predicted octanol–water partition coefficient (Wildman–Crippen LogP) is 2.30. The van der Waals surface area contributed by atoms with Crippen LogP contribution in [0.3, 0.4) is 0 Å². The van der Waals surface area contributed by atoms with Crippen molar-refractivity contribution in [3.63, 3.8) is 0 Å². The molecule has 2 aromatic heterocycles. The molecule has 1 saturated heterocycles. The highest BCUT2D eigenvalue weighted by Gasteiger charge is 2.30. The summed E-state index contributed by atoms with van der Waals surface area (Å²) in [6.07, 6.45) is 0.613. The third kappa shape index (κ3) is 2.86. The Balaban J connectivity index is 2.02. The number of esters is 1. The van der Waals surface area contributed by atoms with Gasteiger partial charge in [0.2, 0.25) is 5.91 Å². The van der Waals surface area contributed by atoms with E-state index in [-0.39, 0.29) is 5.91 Å². The first kappa shape index (κ1) is 16.0. The highest BCUT2D eigenvalue weighted by atomic mass is 32.1. The largest absolute Gasteiger partial charge is 0.464 e. The molecule has 7 heteroatoms. The molecule has 2 aromatic rings. The summed E-state index contributed by atoms with van der Waals surface area (Å²) in [4.78, 5) is 27.8. The molecule has 0 saturated carbocycles. The Kier molecular flexibility index (Phi) is 4.68.